The molecule has 1 rings (SSSR count). The number of carbonyl (C=O) groups is 1. The van der Waals surface area contributed by atoms with E-state index in [0.29, 0.717) is 6.54 Å². The zero-order chi connectivity index (χ0) is 11.9. The molecule has 0 N–H and O–H groups in total. The molecule has 1 aliphatic rings. The van der Waals surface area contributed by atoms with E-state index in [1.807, 2.05) is 0 Å². The van der Waals surface area contributed by atoms with Crippen LogP contribution in [0.1, 0.15) is 0 Å². The van der Waals surface area contributed by atoms with E-state index in [-0.39, 0.29) is 19.0 Å². The number of hydrogen-bond acceptors (Lipinski definition) is 4. The third kappa shape index (κ3) is 3.09. The Morgan fingerprint density at radius 1 is 1.07 bits per heavy atom. The lowest BCUT2D eigenvalue weighted by Crippen LogP contribution is -2.52. The molecule has 1 saturated heterocycles. The van der Waals surface area contributed by atoms with Gasteiger partial charge in [-0.05, 0) is 18.8 Å². The first-order chi connectivity index (χ1) is 6.62. The number of rotatable bonds is 2. The topological polar surface area (TPSA) is 57.7 Å². The van der Waals surface area contributed by atoms with Crippen molar-refractivity contribution in [1.29, 1.82) is 0 Å². The number of amides is 1. The number of piperazine rings is 1. The van der Waals surface area contributed by atoms with Crippen LogP contribution in [0.4, 0.5) is 0 Å². The van der Waals surface area contributed by atoms with E-state index in [0.717, 1.165) is 10.6 Å². The Morgan fingerprint density at radius 2 is 1.60 bits per heavy atom. The fourth-order valence-electron chi connectivity index (χ4n) is 1.45. The number of hydrogen-bond donors (Lipinski definition) is 0. The zero-order valence-electron chi connectivity index (χ0n) is 9.56. The Morgan fingerprint density at radius 3 is 1.93 bits per heavy atom. The van der Waals surface area contributed by atoms with Crippen molar-refractivity contribution < 1.29 is 13.2 Å². The van der Waals surface area contributed by atoms with E-state index >= 15 is 0 Å². The van der Waals surface area contributed by atoms with Gasteiger partial charge in [0.25, 0.3) is 5.91 Å². The summed E-state index contributed by atoms with van der Waals surface area (Å²) in [5, 5.41) is 0. The Kier molecular flexibility index (Phi) is 3.37. The first-order valence-electron chi connectivity index (χ1n) is 4.56. The van der Waals surface area contributed by atoms with Crippen molar-refractivity contribution in [3.8, 4) is 0 Å². The monoisotopic (exact) mass is 254 g/mol. The largest absolute Gasteiger partial charge is 0.272 e. The Balaban J connectivity index is 2.77. The molecule has 15 heavy (non-hydrogen) atoms. The Hall–Kier alpha value is -0.270. The van der Waals surface area contributed by atoms with Gasteiger partial charge in [-0.15, -0.1) is 0 Å². The van der Waals surface area contributed by atoms with E-state index in [1.54, 1.807) is 0 Å². The van der Waals surface area contributed by atoms with Crippen LogP contribution < -0.4 is 0 Å². The minimum Gasteiger partial charge on any atom is -0.272 e. The highest BCUT2D eigenvalue weighted by atomic mass is 32.3. The molecule has 1 heterocycles. The van der Waals surface area contributed by atoms with Crippen LogP contribution in [0.25, 0.3) is 0 Å². The Bertz CT molecular complexity index is 359. The van der Waals surface area contributed by atoms with Crippen molar-refractivity contribution in [2.75, 3.05) is 44.7 Å². The van der Waals surface area contributed by atoms with E-state index in [2.05, 4.69) is 23.1 Å². The van der Waals surface area contributed by atoms with Crippen LogP contribution in [0.15, 0.2) is 0 Å². The van der Waals surface area contributed by atoms with Gasteiger partial charge in [0.15, 0.2) is 0 Å². The average molecular weight is 254 g/mol. The molecule has 0 aromatic rings. The van der Waals surface area contributed by atoms with E-state index in [4.69, 9.17) is 0 Å². The fraction of sp³-hybridized carbons (Fsp3) is 0.875. The van der Waals surface area contributed by atoms with Crippen molar-refractivity contribution in [3.05, 3.63) is 0 Å². The van der Waals surface area contributed by atoms with Crippen LogP contribution >= 0.6 is 10.2 Å². The predicted molar refractivity (Wildman–Crippen MR) is 63.5 cm³/mol. The predicted octanol–water partition coefficient (Wildman–Crippen LogP) is -0.301. The van der Waals surface area contributed by atoms with Gasteiger partial charge in [0.2, 0.25) is 10.0 Å². The quantitative estimate of drug-likeness (QED) is 0.679. The van der Waals surface area contributed by atoms with Gasteiger partial charge in [0, 0.05) is 6.54 Å². The maximum absolute atomic E-state index is 11.6. The van der Waals surface area contributed by atoms with Gasteiger partial charge in [-0.2, -0.15) is 10.2 Å². The van der Waals surface area contributed by atoms with Gasteiger partial charge < -0.3 is 0 Å². The average Bonchev–Trinajstić information content (AvgIpc) is 1.99. The second kappa shape index (κ2) is 3.95. The zero-order valence-corrected chi connectivity index (χ0v) is 11.2. The Labute approximate surface area is 92.9 Å². The molecule has 7 heteroatoms. The van der Waals surface area contributed by atoms with Gasteiger partial charge in [-0.3, -0.25) is 9.10 Å². The van der Waals surface area contributed by atoms with Crippen LogP contribution in [0.2, 0.25) is 0 Å². The third-order valence-electron chi connectivity index (χ3n) is 2.32. The van der Waals surface area contributed by atoms with Crippen molar-refractivity contribution >= 4 is 26.1 Å². The summed E-state index contributed by atoms with van der Waals surface area (Å²) in [6.07, 6.45) is 7.35. The van der Waals surface area contributed by atoms with E-state index in [9.17, 15) is 13.2 Å². The van der Waals surface area contributed by atoms with Gasteiger partial charge >= 0.3 is 0 Å². The molecule has 1 fully saturated rings. The summed E-state index contributed by atoms with van der Waals surface area (Å²) < 4.78 is 25.5. The van der Waals surface area contributed by atoms with Crippen molar-refractivity contribution in [1.82, 2.24) is 8.61 Å². The smallest absolute Gasteiger partial charge is 0.251 e. The van der Waals surface area contributed by atoms with E-state index in [1.165, 1.54) is 0 Å². The van der Waals surface area contributed by atoms with Crippen LogP contribution in [0, 0.1) is 0 Å². The second-order valence-electron chi connectivity index (χ2n) is 4.36. The van der Waals surface area contributed by atoms with Crippen molar-refractivity contribution in [2.24, 2.45) is 0 Å². The van der Waals surface area contributed by atoms with Gasteiger partial charge in [0.1, 0.15) is 0 Å². The second-order valence-corrected chi connectivity index (χ2v) is 10.3. The third-order valence-corrected chi connectivity index (χ3v) is 5.36. The maximum atomic E-state index is 11.6. The number of carbonyl (C=O) groups excluding carboxylic acids is 1. The minimum atomic E-state index is -3.38. The standard InChI is InChI=1S/C8H18N2O3S2/c1-14(2,3)9-5-6-10(8(11)7-9)15(4,12)13/h5-7H2,1-4H3. The maximum Gasteiger partial charge on any atom is 0.251 e. The van der Waals surface area contributed by atoms with Crippen LogP contribution in [0.3, 0.4) is 0 Å². The molecule has 0 unspecified atom stereocenters. The molecule has 0 atom stereocenters. The first-order valence-corrected chi connectivity index (χ1v) is 9.22. The summed E-state index contributed by atoms with van der Waals surface area (Å²) >= 11 is 0. The van der Waals surface area contributed by atoms with Gasteiger partial charge in [0.05, 0.1) is 19.3 Å². The normalized spacial score (nSPS) is 21.9. The van der Waals surface area contributed by atoms with Gasteiger partial charge in [-0.1, -0.05) is 0 Å². The molecule has 0 radical (unpaired) electrons. The molecular formula is C8H18N2O3S2. The van der Waals surface area contributed by atoms with Crippen LogP contribution in [-0.2, 0) is 14.8 Å². The highest BCUT2D eigenvalue weighted by molar-refractivity contribution is 8.30. The molecule has 0 spiro atoms. The fourth-order valence-corrected chi connectivity index (χ4v) is 3.42. The molecule has 90 valence electrons. The summed E-state index contributed by atoms with van der Waals surface area (Å²) in [7, 11) is -4.31. The molecule has 1 amide bonds. The molecule has 0 aliphatic carbocycles. The minimum absolute atomic E-state index is 0.214. The molecule has 0 bridgehead atoms. The lowest BCUT2D eigenvalue weighted by Gasteiger charge is -2.43. The van der Waals surface area contributed by atoms with Crippen molar-refractivity contribution in [2.45, 2.75) is 0 Å². The van der Waals surface area contributed by atoms with Crippen LogP contribution in [0.5, 0.6) is 0 Å². The molecule has 1 aliphatic heterocycles. The number of sulfonamides is 1. The first kappa shape index (κ1) is 12.8. The molecular weight excluding hydrogens is 236 g/mol. The summed E-state index contributed by atoms with van der Waals surface area (Å²) in [4.78, 5) is 11.6. The lowest BCUT2D eigenvalue weighted by atomic mass is 10.4. The van der Waals surface area contributed by atoms with Crippen molar-refractivity contribution in [3.63, 3.8) is 0 Å². The molecule has 5 nitrogen and oxygen atoms in total. The number of nitrogens with zero attached hydrogens (tertiary/aromatic N) is 2. The van der Waals surface area contributed by atoms with E-state index < -0.39 is 20.2 Å². The summed E-state index contributed by atoms with van der Waals surface area (Å²) in [5.41, 5.74) is 0. The highest BCUT2D eigenvalue weighted by Gasteiger charge is 2.32. The SMILES string of the molecule is CS(C)(C)N1CCN(S(C)(=O)=O)C(=O)C1. The highest BCUT2D eigenvalue weighted by Crippen LogP contribution is 2.40. The molecule has 0 aromatic carbocycles. The summed E-state index contributed by atoms with van der Waals surface area (Å²) in [6.45, 7) is 1.13. The molecule has 0 aromatic heterocycles. The molecule has 0 saturated carbocycles. The van der Waals surface area contributed by atoms with Crippen LogP contribution in [-0.4, -0.2) is 67.6 Å². The summed E-state index contributed by atoms with van der Waals surface area (Å²) in [5.74, 6) is -0.314. The summed E-state index contributed by atoms with van der Waals surface area (Å²) in [6, 6.07) is 0. The van der Waals surface area contributed by atoms with Gasteiger partial charge in [-0.25, -0.2) is 12.7 Å². The lowest BCUT2D eigenvalue weighted by molar-refractivity contribution is -0.128.